The SMILES string of the molecule is CC(C)NCc1cccnc1Oc1cccc(F)c1F. The van der Waals surface area contributed by atoms with Crippen molar-refractivity contribution >= 4 is 0 Å². The Morgan fingerprint density at radius 3 is 2.75 bits per heavy atom. The summed E-state index contributed by atoms with van der Waals surface area (Å²) in [5, 5.41) is 3.23. The molecule has 106 valence electrons. The molecule has 2 rings (SSSR count). The van der Waals surface area contributed by atoms with E-state index < -0.39 is 11.6 Å². The second kappa shape index (κ2) is 6.43. The van der Waals surface area contributed by atoms with Crippen molar-refractivity contribution in [2.75, 3.05) is 0 Å². The first kappa shape index (κ1) is 14.4. The Morgan fingerprint density at radius 2 is 2.00 bits per heavy atom. The van der Waals surface area contributed by atoms with Crippen LogP contribution in [0, 0.1) is 11.6 Å². The van der Waals surface area contributed by atoms with Gasteiger partial charge in [0, 0.05) is 24.3 Å². The van der Waals surface area contributed by atoms with Gasteiger partial charge in [0.2, 0.25) is 11.7 Å². The summed E-state index contributed by atoms with van der Waals surface area (Å²) < 4.78 is 32.1. The highest BCUT2D eigenvalue weighted by atomic mass is 19.2. The molecule has 0 bridgehead atoms. The average molecular weight is 278 g/mol. The fourth-order valence-corrected chi connectivity index (χ4v) is 1.63. The molecule has 0 unspecified atom stereocenters. The summed E-state index contributed by atoms with van der Waals surface area (Å²) in [5.74, 6) is -1.86. The van der Waals surface area contributed by atoms with Gasteiger partial charge in [0.15, 0.2) is 11.6 Å². The summed E-state index contributed by atoms with van der Waals surface area (Å²) in [6.45, 7) is 4.57. The molecule has 0 saturated carbocycles. The van der Waals surface area contributed by atoms with Gasteiger partial charge in [-0.05, 0) is 18.2 Å². The molecule has 0 aliphatic rings. The van der Waals surface area contributed by atoms with Crippen LogP contribution < -0.4 is 10.1 Å². The number of hydrogen-bond acceptors (Lipinski definition) is 3. The molecule has 20 heavy (non-hydrogen) atoms. The molecule has 1 aromatic carbocycles. The molecule has 0 radical (unpaired) electrons. The summed E-state index contributed by atoms with van der Waals surface area (Å²) in [7, 11) is 0. The molecule has 2 aromatic rings. The third kappa shape index (κ3) is 3.51. The van der Waals surface area contributed by atoms with Crippen molar-refractivity contribution in [1.82, 2.24) is 10.3 Å². The Hall–Kier alpha value is -2.01. The quantitative estimate of drug-likeness (QED) is 0.906. The molecule has 1 N–H and O–H groups in total. The van der Waals surface area contributed by atoms with E-state index in [9.17, 15) is 8.78 Å². The van der Waals surface area contributed by atoms with Crippen LogP contribution >= 0.6 is 0 Å². The minimum atomic E-state index is -1.01. The number of ether oxygens (including phenoxy) is 1. The highest BCUT2D eigenvalue weighted by Gasteiger charge is 2.12. The van der Waals surface area contributed by atoms with Crippen LogP contribution in [0.1, 0.15) is 19.4 Å². The van der Waals surface area contributed by atoms with Crippen molar-refractivity contribution < 1.29 is 13.5 Å². The highest BCUT2D eigenvalue weighted by Crippen LogP contribution is 2.26. The van der Waals surface area contributed by atoms with Gasteiger partial charge < -0.3 is 10.1 Å². The van der Waals surface area contributed by atoms with Crippen molar-refractivity contribution in [3.05, 3.63) is 53.7 Å². The lowest BCUT2D eigenvalue weighted by Gasteiger charge is -2.12. The zero-order valence-electron chi connectivity index (χ0n) is 11.4. The van der Waals surface area contributed by atoms with Crippen molar-refractivity contribution in [3.63, 3.8) is 0 Å². The van der Waals surface area contributed by atoms with Gasteiger partial charge in [-0.15, -0.1) is 0 Å². The molecule has 0 aliphatic carbocycles. The fourth-order valence-electron chi connectivity index (χ4n) is 1.63. The minimum absolute atomic E-state index is 0.172. The lowest BCUT2D eigenvalue weighted by atomic mass is 10.2. The summed E-state index contributed by atoms with van der Waals surface area (Å²) in [5.41, 5.74) is 0.782. The Labute approximate surface area is 116 Å². The third-order valence-corrected chi connectivity index (χ3v) is 2.67. The van der Waals surface area contributed by atoms with E-state index in [-0.39, 0.29) is 11.6 Å². The Kier molecular flexibility index (Phi) is 4.63. The largest absolute Gasteiger partial charge is 0.435 e. The first-order valence-corrected chi connectivity index (χ1v) is 6.37. The molecule has 0 fully saturated rings. The lowest BCUT2D eigenvalue weighted by Crippen LogP contribution is -2.22. The van der Waals surface area contributed by atoms with Gasteiger partial charge in [-0.1, -0.05) is 26.0 Å². The standard InChI is InChI=1S/C15H16F2N2O/c1-10(2)19-9-11-5-4-8-18-15(11)20-13-7-3-6-12(16)14(13)17/h3-8,10,19H,9H2,1-2H3. The monoisotopic (exact) mass is 278 g/mol. The van der Waals surface area contributed by atoms with Gasteiger partial charge in [0.1, 0.15) is 0 Å². The van der Waals surface area contributed by atoms with Crippen molar-refractivity contribution in [2.45, 2.75) is 26.4 Å². The number of hydrogen-bond donors (Lipinski definition) is 1. The van der Waals surface area contributed by atoms with Crippen LogP contribution in [0.2, 0.25) is 0 Å². The van der Waals surface area contributed by atoms with Crippen molar-refractivity contribution in [3.8, 4) is 11.6 Å². The topological polar surface area (TPSA) is 34.2 Å². The summed E-state index contributed by atoms with van der Waals surface area (Å²) in [6, 6.07) is 7.70. The Bertz CT molecular complexity index is 588. The van der Waals surface area contributed by atoms with E-state index in [2.05, 4.69) is 10.3 Å². The van der Waals surface area contributed by atoms with E-state index >= 15 is 0 Å². The van der Waals surface area contributed by atoms with Crippen LogP contribution in [0.5, 0.6) is 11.6 Å². The molecule has 1 aromatic heterocycles. The maximum absolute atomic E-state index is 13.6. The van der Waals surface area contributed by atoms with Gasteiger partial charge in [0.05, 0.1) is 0 Å². The van der Waals surface area contributed by atoms with E-state index in [1.54, 1.807) is 12.3 Å². The Balaban J connectivity index is 2.22. The molecular formula is C15H16F2N2O. The van der Waals surface area contributed by atoms with E-state index in [1.165, 1.54) is 12.1 Å². The lowest BCUT2D eigenvalue weighted by molar-refractivity contribution is 0.399. The molecule has 0 atom stereocenters. The summed E-state index contributed by atoms with van der Waals surface area (Å²) in [6.07, 6.45) is 1.55. The van der Waals surface area contributed by atoms with Gasteiger partial charge in [-0.25, -0.2) is 9.37 Å². The smallest absolute Gasteiger partial charge is 0.223 e. The number of pyridine rings is 1. The molecule has 0 aliphatic heterocycles. The van der Waals surface area contributed by atoms with Gasteiger partial charge in [-0.2, -0.15) is 4.39 Å². The zero-order valence-corrected chi connectivity index (χ0v) is 11.4. The number of rotatable bonds is 5. The second-order valence-electron chi connectivity index (χ2n) is 4.66. The normalized spacial score (nSPS) is 10.8. The Morgan fingerprint density at radius 1 is 1.20 bits per heavy atom. The molecular weight excluding hydrogens is 262 g/mol. The fraction of sp³-hybridized carbons (Fsp3) is 0.267. The zero-order chi connectivity index (χ0) is 14.5. The molecule has 0 amide bonds. The molecule has 0 saturated heterocycles. The van der Waals surface area contributed by atoms with Crippen molar-refractivity contribution in [2.24, 2.45) is 0 Å². The number of nitrogens with one attached hydrogen (secondary N) is 1. The minimum Gasteiger partial charge on any atom is -0.435 e. The van der Waals surface area contributed by atoms with Crippen molar-refractivity contribution in [1.29, 1.82) is 0 Å². The van der Waals surface area contributed by atoms with Crippen LogP contribution in [-0.2, 0) is 6.54 Å². The summed E-state index contributed by atoms with van der Waals surface area (Å²) >= 11 is 0. The predicted molar refractivity (Wildman–Crippen MR) is 72.6 cm³/mol. The number of aromatic nitrogens is 1. The highest BCUT2D eigenvalue weighted by molar-refractivity contribution is 5.33. The number of halogens is 2. The summed E-state index contributed by atoms with van der Waals surface area (Å²) in [4.78, 5) is 4.07. The van der Waals surface area contributed by atoms with Gasteiger partial charge in [-0.3, -0.25) is 0 Å². The molecule has 3 nitrogen and oxygen atoms in total. The number of nitrogens with zero attached hydrogens (tertiary/aromatic N) is 1. The maximum Gasteiger partial charge on any atom is 0.223 e. The molecule has 5 heteroatoms. The van der Waals surface area contributed by atoms with Gasteiger partial charge in [0.25, 0.3) is 0 Å². The third-order valence-electron chi connectivity index (χ3n) is 2.67. The van der Waals surface area contributed by atoms with Crippen LogP contribution in [0.4, 0.5) is 8.78 Å². The predicted octanol–water partition coefficient (Wildman–Crippen LogP) is 3.65. The average Bonchev–Trinajstić information content (AvgIpc) is 2.43. The van der Waals surface area contributed by atoms with E-state index in [1.807, 2.05) is 19.9 Å². The van der Waals surface area contributed by atoms with Crippen LogP contribution in [0.3, 0.4) is 0 Å². The van der Waals surface area contributed by atoms with Crippen LogP contribution in [0.15, 0.2) is 36.5 Å². The second-order valence-corrected chi connectivity index (χ2v) is 4.66. The van der Waals surface area contributed by atoms with Gasteiger partial charge >= 0.3 is 0 Å². The van der Waals surface area contributed by atoms with E-state index in [0.717, 1.165) is 11.6 Å². The van der Waals surface area contributed by atoms with Crippen LogP contribution in [0.25, 0.3) is 0 Å². The molecule has 0 spiro atoms. The van der Waals surface area contributed by atoms with Crippen LogP contribution in [-0.4, -0.2) is 11.0 Å². The molecule has 1 heterocycles. The van der Waals surface area contributed by atoms with E-state index in [4.69, 9.17) is 4.74 Å². The number of benzene rings is 1. The first-order valence-electron chi connectivity index (χ1n) is 6.37. The first-order chi connectivity index (χ1) is 9.58. The van der Waals surface area contributed by atoms with E-state index in [0.29, 0.717) is 12.6 Å². The maximum atomic E-state index is 13.6.